The number of carbonyl (C=O) groups is 1. The third-order valence-corrected chi connectivity index (χ3v) is 4.01. The van der Waals surface area contributed by atoms with Crippen LogP contribution in [0, 0.1) is 11.6 Å². The van der Waals surface area contributed by atoms with Crippen molar-refractivity contribution in [1.29, 1.82) is 0 Å². The van der Waals surface area contributed by atoms with E-state index in [1.165, 1.54) is 12.1 Å². The highest BCUT2D eigenvalue weighted by atomic mass is 19.1. The Balaban J connectivity index is 1.64. The molecule has 3 rings (SSSR count). The second kappa shape index (κ2) is 7.57. The van der Waals surface area contributed by atoms with Crippen LogP contribution in [0.4, 0.5) is 14.5 Å². The Morgan fingerprint density at radius 1 is 1.15 bits per heavy atom. The van der Waals surface area contributed by atoms with Gasteiger partial charge in [-0.1, -0.05) is 6.07 Å². The molecule has 27 heavy (non-hydrogen) atoms. The lowest BCUT2D eigenvalue weighted by Gasteiger charge is -2.27. The molecule has 7 heteroatoms. The first kappa shape index (κ1) is 18.6. The first-order valence-corrected chi connectivity index (χ1v) is 8.44. The number of amides is 1. The summed E-state index contributed by atoms with van der Waals surface area (Å²) >= 11 is 0. The molecule has 5 nitrogen and oxygen atoms in total. The van der Waals surface area contributed by atoms with Gasteiger partial charge in [-0.05, 0) is 56.2 Å². The van der Waals surface area contributed by atoms with Gasteiger partial charge in [-0.25, -0.2) is 13.8 Å². The molecular formula is C20H20F2N4O. The zero-order chi connectivity index (χ0) is 19.4. The average Bonchev–Trinajstić information content (AvgIpc) is 3.10. The molecule has 0 spiro atoms. The van der Waals surface area contributed by atoms with Crippen molar-refractivity contribution in [3.05, 3.63) is 83.9 Å². The van der Waals surface area contributed by atoms with Crippen molar-refractivity contribution in [2.24, 2.45) is 0 Å². The third kappa shape index (κ3) is 4.91. The molecule has 2 N–H and O–H groups in total. The Morgan fingerprint density at radius 3 is 2.52 bits per heavy atom. The van der Waals surface area contributed by atoms with Gasteiger partial charge in [0.05, 0.1) is 5.69 Å². The second-order valence-corrected chi connectivity index (χ2v) is 6.91. The van der Waals surface area contributed by atoms with Crippen molar-refractivity contribution < 1.29 is 13.6 Å². The van der Waals surface area contributed by atoms with Crippen LogP contribution in [0.15, 0.2) is 61.2 Å². The van der Waals surface area contributed by atoms with Crippen LogP contribution in [-0.4, -0.2) is 21.1 Å². The molecule has 0 atom stereocenters. The summed E-state index contributed by atoms with van der Waals surface area (Å²) in [6.45, 7) is 3.59. The molecule has 0 saturated carbocycles. The van der Waals surface area contributed by atoms with Gasteiger partial charge in [0.2, 0.25) is 0 Å². The number of nitrogens with zero attached hydrogens (tertiary/aromatic N) is 2. The highest BCUT2D eigenvalue weighted by Crippen LogP contribution is 2.18. The molecule has 0 aliphatic heterocycles. The molecule has 3 aromatic rings. The largest absolute Gasteiger partial charge is 0.347 e. The molecule has 0 fully saturated rings. The molecule has 0 aliphatic rings. The van der Waals surface area contributed by atoms with Crippen molar-refractivity contribution in [3.63, 3.8) is 0 Å². The Hall–Kier alpha value is -3.22. The number of nitrogens with one attached hydrogen (secondary N) is 2. The molecule has 0 saturated heterocycles. The van der Waals surface area contributed by atoms with Crippen molar-refractivity contribution in [1.82, 2.24) is 15.0 Å². The summed E-state index contributed by atoms with van der Waals surface area (Å²) in [6, 6.07) is 10.4. The summed E-state index contributed by atoms with van der Waals surface area (Å²) in [5.74, 6) is -1.51. The van der Waals surface area contributed by atoms with Gasteiger partial charge in [-0.15, -0.1) is 0 Å². The molecule has 0 bridgehead atoms. The van der Waals surface area contributed by atoms with Crippen LogP contribution in [0.25, 0.3) is 0 Å². The highest BCUT2D eigenvalue weighted by Gasteiger charge is 2.23. The first-order valence-electron chi connectivity index (χ1n) is 8.44. The number of benzene rings is 2. The summed E-state index contributed by atoms with van der Waals surface area (Å²) in [5.41, 5.74) is 4.02. The van der Waals surface area contributed by atoms with Crippen LogP contribution in [0.1, 0.15) is 29.8 Å². The van der Waals surface area contributed by atoms with E-state index in [9.17, 15) is 13.6 Å². The molecule has 0 unspecified atom stereocenters. The topological polar surface area (TPSA) is 59.0 Å². The van der Waals surface area contributed by atoms with Gasteiger partial charge in [0.25, 0.3) is 5.91 Å². The number of hydrogen-bond acceptors (Lipinski definition) is 3. The van der Waals surface area contributed by atoms with Gasteiger partial charge in [0.15, 0.2) is 0 Å². The third-order valence-electron chi connectivity index (χ3n) is 4.01. The number of halogens is 2. The van der Waals surface area contributed by atoms with E-state index in [0.29, 0.717) is 11.1 Å². The number of hydrogen-bond donors (Lipinski definition) is 2. The Morgan fingerprint density at radius 2 is 1.89 bits per heavy atom. The lowest BCUT2D eigenvalue weighted by molar-refractivity contribution is 0.0912. The van der Waals surface area contributed by atoms with E-state index in [2.05, 4.69) is 15.7 Å². The van der Waals surface area contributed by atoms with Crippen molar-refractivity contribution >= 4 is 11.6 Å². The van der Waals surface area contributed by atoms with E-state index in [1.807, 2.05) is 0 Å². The smallest absolute Gasteiger partial charge is 0.251 e. The maximum Gasteiger partial charge on any atom is 0.251 e. The molecule has 1 amide bonds. The van der Waals surface area contributed by atoms with E-state index in [4.69, 9.17) is 0 Å². The van der Waals surface area contributed by atoms with Crippen molar-refractivity contribution in [2.45, 2.75) is 25.8 Å². The first-order chi connectivity index (χ1) is 12.8. The van der Waals surface area contributed by atoms with Gasteiger partial charge in [0, 0.05) is 29.6 Å². The SMILES string of the molecule is CC(C)(Cc1ccc(F)cc1F)NC(=O)c1ccc(Nn2ccnc2)cc1. The predicted octanol–water partition coefficient (Wildman–Crippen LogP) is 3.79. The maximum atomic E-state index is 13.9. The quantitative estimate of drug-likeness (QED) is 0.694. The summed E-state index contributed by atoms with van der Waals surface area (Å²) in [7, 11) is 0. The number of rotatable bonds is 6. The summed E-state index contributed by atoms with van der Waals surface area (Å²) < 4.78 is 28.6. The molecular weight excluding hydrogens is 350 g/mol. The normalized spacial score (nSPS) is 11.3. The van der Waals surface area contributed by atoms with E-state index in [-0.39, 0.29) is 12.3 Å². The van der Waals surface area contributed by atoms with Crippen molar-refractivity contribution in [2.75, 3.05) is 5.43 Å². The fraction of sp³-hybridized carbons (Fsp3) is 0.200. The molecule has 1 aromatic heterocycles. The fourth-order valence-corrected chi connectivity index (χ4v) is 2.74. The lowest BCUT2D eigenvalue weighted by Crippen LogP contribution is -2.45. The number of carbonyl (C=O) groups excluding carboxylic acids is 1. The zero-order valence-corrected chi connectivity index (χ0v) is 15.0. The number of aromatic nitrogens is 2. The maximum absolute atomic E-state index is 13.9. The van der Waals surface area contributed by atoms with Crippen LogP contribution >= 0.6 is 0 Å². The fourth-order valence-electron chi connectivity index (χ4n) is 2.74. The Bertz CT molecular complexity index is 922. The van der Waals surface area contributed by atoms with Gasteiger partial charge in [0.1, 0.15) is 18.0 Å². The van der Waals surface area contributed by atoms with E-state index >= 15 is 0 Å². The Kier molecular flexibility index (Phi) is 5.21. The monoisotopic (exact) mass is 370 g/mol. The van der Waals surface area contributed by atoms with Gasteiger partial charge in [-0.3, -0.25) is 14.9 Å². The van der Waals surface area contributed by atoms with Gasteiger partial charge < -0.3 is 5.32 Å². The van der Waals surface area contributed by atoms with Crippen LogP contribution in [0.3, 0.4) is 0 Å². The van der Waals surface area contributed by atoms with Gasteiger partial charge in [-0.2, -0.15) is 0 Å². The van der Waals surface area contributed by atoms with Crippen molar-refractivity contribution in [3.8, 4) is 0 Å². The highest BCUT2D eigenvalue weighted by molar-refractivity contribution is 5.95. The standard InChI is InChI=1S/C20H20F2N4O/c1-20(2,12-15-3-6-16(21)11-18(15)22)24-19(27)14-4-7-17(8-5-14)25-26-10-9-23-13-26/h3-11,13,25H,12H2,1-2H3,(H,24,27). The molecule has 0 aliphatic carbocycles. The summed E-state index contributed by atoms with van der Waals surface area (Å²) in [5, 5.41) is 2.89. The number of anilines is 1. The predicted molar refractivity (Wildman–Crippen MR) is 99.3 cm³/mol. The van der Waals surface area contributed by atoms with Gasteiger partial charge >= 0.3 is 0 Å². The van der Waals surface area contributed by atoms with Crippen LogP contribution in [-0.2, 0) is 6.42 Å². The molecule has 1 heterocycles. The summed E-state index contributed by atoms with van der Waals surface area (Å²) in [4.78, 5) is 16.5. The van der Waals surface area contributed by atoms with Crippen LogP contribution in [0.5, 0.6) is 0 Å². The summed E-state index contributed by atoms with van der Waals surface area (Å²) in [6.07, 6.45) is 5.28. The van der Waals surface area contributed by atoms with E-state index in [1.54, 1.807) is 61.5 Å². The minimum atomic E-state index is -0.705. The minimum Gasteiger partial charge on any atom is -0.347 e. The Labute approximate surface area is 156 Å². The zero-order valence-electron chi connectivity index (χ0n) is 15.0. The molecule has 140 valence electrons. The second-order valence-electron chi connectivity index (χ2n) is 6.91. The molecule has 2 aromatic carbocycles. The minimum absolute atomic E-state index is 0.241. The van der Waals surface area contributed by atoms with E-state index in [0.717, 1.165) is 11.8 Å². The van der Waals surface area contributed by atoms with E-state index < -0.39 is 17.2 Å². The van der Waals surface area contributed by atoms with Crippen LogP contribution in [0.2, 0.25) is 0 Å². The molecule has 0 radical (unpaired) electrons. The lowest BCUT2D eigenvalue weighted by atomic mass is 9.94. The average molecular weight is 370 g/mol. The van der Waals surface area contributed by atoms with Crippen LogP contribution < -0.4 is 10.7 Å². The number of imidazole rings is 1.